The molecule has 1 aromatic heterocycles. The first-order chi connectivity index (χ1) is 15.1. The number of hydrogen-bond acceptors (Lipinski definition) is 3. The third-order valence-corrected chi connectivity index (χ3v) is 7.38. The zero-order valence-corrected chi connectivity index (χ0v) is 17.7. The summed E-state index contributed by atoms with van der Waals surface area (Å²) < 4.78 is 0. The second kappa shape index (κ2) is 6.91. The summed E-state index contributed by atoms with van der Waals surface area (Å²) in [7, 11) is 1.80. The summed E-state index contributed by atoms with van der Waals surface area (Å²) in [6, 6.07) is 14.3. The maximum Gasteiger partial charge on any atom is 0.272 e. The first-order valence-electron chi connectivity index (χ1n) is 11.2. The van der Waals surface area contributed by atoms with E-state index in [1.54, 1.807) is 18.1 Å². The molecule has 0 spiro atoms. The number of amides is 2. The summed E-state index contributed by atoms with van der Waals surface area (Å²) in [5.41, 5.74) is 4.36. The molecular weight excluding hydrogens is 386 g/mol. The van der Waals surface area contributed by atoms with Crippen LogP contribution < -0.4 is 0 Å². The second-order valence-corrected chi connectivity index (χ2v) is 9.30. The number of hydrogen-bond donors (Lipinski definition) is 0. The number of rotatable bonds is 2. The van der Waals surface area contributed by atoms with Crippen molar-refractivity contribution < 1.29 is 9.59 Å². The normalized spacial score (nSPS) is 22.3. The Bertz CT molecular complexity index is 1220. The van der Waals surface area contributed by atoms with E-state index in [0.29, 0.717) is 24.1 Å². The number of aromatic nitrogens is 1. The number of nitrogens with zero attached hydrogens (tertiary/aromatic N) is 3. The zero-order chi connectivity index (χ0) is 21.1. The van der Waals surface area contributed by atoms with Crippen molar-refractivity contribution in [1.29, 1.82) is 0 Å². The molecule has 0 bridgehead atoms. The fourth-order valence-electron chi connectivity index (χ4n) is 5.73. The molecule has 6 rings (SSSR count). The summed E-state index contributed by atoms with van der Waals surface area (Å²) in [6.07, 6.45) is 5.64. The highest BCUT2D eigenvalue weighted by Gasteiger charge is 2.38. The van der Waals surface area contributed by atoms with E-state index < -0.39 is 0 Å². The van der Waals surface area contributed by atoms with Gasteiger partial charge in [0.25, 0.3) is 11.8 Å². The molecule has 0 N–H and O–H groups in total. The monoisotopic (exact) mass is 411 g/mol. The second-order valence-electron chi connectivity index (χ2n) is 9.30. The Kier molecular flexibility index (Phi) is 4.13. The van der Waals surface area contributed by atoms with Crippen molar-refractivity contribution in [3.05, 3.63) is 65.5 Å². The molecule has 5 nitrogen and oxygen atoms in total. The maximum absolute atomic E-state index is 13.1. The van der Waals surface area contributed by atoms with E-state index in [9.17, 15) is 9.59 Å². The minimum Gasteiger partial charge on any atom is -0.338 e. The van der Waals surface area contributed by atoms with Gasteiger partial charge in [0.05, 0.1) is 0 Å². The van der Waals surface area contributed by atoms with Crippen molar-refractivity contribution in [2.75, 3.05) is 20.1 Å². The Labute approximate surface area is 181 Å². The fourth-order valence-corrected chi connectivity index (χ4v) is 5.73. The van der Waals surface area contributed by atoms with Gasteiger partial charge in [-0.15, -0.1) is 0 Å². The standard InChI is InChI=1S/C26H25N3O2/c1-28-13-21-11-20(12-27-24(21)26(28)31)22-7-3-4-16-10-17(8-9-23(16)22)25(30)29-14-18-5-2-6-19(18)15-29/h3-4,7-12,18-19H,2,5-6,13-15H2,1H3/t18-,19+. The van der Waals surface area contributed by atoms with Crippen molar-refractivity contribution >= 4 is 22.6 Å². The number of fused-ring (bicyclic) bond motifs is 3. The van der Waals surface area contributed by atoms with Crippen molar-refractivity contribution in [1.82, 2.24) is 14.8 Å². The summed E-state index contributed by atoms with van der Waals surface area (Å²) in [4.78, 5) is 33.5. The van der Waals surface area contributed by atoms with Crippen LogP contribution in [0.15, 0.2) is 48.7 Å². The van der Waals surface area contributed by atoms with Gasteiger partial charge < -0.3 is 9.80 Å². The average Bonchev–Trinajstić information content (AvgIpc) is 3.46. The van der Waals surface area contributed by atoms with Gasteiger partial charge in [-0.1, -0.05) is 30.7 Å². The van der Waals surface area contributed by atoms with Gasteiger partial charge in [-0.05, 0) is 59.2 Å². The lowest BCUT2D eigenvalue weighted by Gasteiger charge is -2.18. The topological polar surface area (TPSA) is 53.5 Å². The van der Waals surface area contributed by atoms with Crippen LogP contribution in [0.2, 0.25) is 0 Å². The molecule has 3 aromatic rings. The SMILES string of the molecule is CN1Cc2cc(-c3cccc4cc(C(=O)N5C[C@H]6CCC[C@H]6C5)ccc34)cnc2C1=O. The van der Waals surface area contributed by atoms with Gasteiger partial charge >= 0.3 is 0 Å². The highest BCUT2D eigenvalue weighted by atomic mass is 16.2. The van der Waals surface area contributed by atoms with E-state index >= 15 is 0 Å². The molecule has 2 aromatic carbocycles. The Morgan fingerprint density at radius 2 is 1.87 bits per heavy atom. The molecule has 2 amide bonds. The van der Waals surface area contributed by atoms with Crippen molar-refractivity contribution in [3.8, 4) is 11.1 Å². The highest BCUT2D eigenvalue weighted by molar-refractivity contribution is 6.03. The van der Waals surface area contributed by atoms with E-state index in [0.717, 1.165) is 46.1 Å². The maximum atomic E-state index is 13.1. The number of carbonyl (C=O) groups excluding carboxylic acids is 2. The van der Waals surface area contributed by atoms with Gasteiger partial charge in [-0.25, -0.2) is 0 Å². The van der Waals surface area contributed by atoms with E-state index in [1.165, 1.54) is 19.3 Å². The molecule has 156 valence electrons. The smallest absolute Gasteiger partial charge is 0.272 e. The van der Waals surface area contributed by atoms with Gasteiger partial charge in [0.15, 0.2) is 0 Å². The Morgan fingerprint density at radius 1 is 1.06 bits per heavy atom. The summed E-state index contributed by atoms with van der Waals surface area (Å²) >= 11 is 0. The van der Waals surface area contributed by atoms with Crippen molar-refractivity contribution in [2.45, 2.75) is 25.8 Å². The first-order valence-corrected chi connectivity index (χ1v) is 11.2. The van der Waals surface area contributed by atoms with E-state index in [4.69, 9.17) is 0 Å². The minimum atomic E-state index is -0.0197. The number of benzene rings is 2. The lowest BCUT2D eigenvalue weighted by molar-refractivity contribution is 0.0779. The van der Waals surface area contributed by atoms with Gasteiger partial charge in [-0.2, -0.15) is 0 Å². The molecule has 5 heteroatoms. The van der Waals surface area contributed by atoms with Crippen LogP contribution in [-0.4, -0.2) is 46.7 Å². The summed E-state index contributed by atoms with van der Waals surface area (Å²) in [5, 5.41) is 2.15. The largest absolute Gasteiger partial charge is 0.338 e. The Balaban J connectivity index is 1.33. The van der Waals surface area contributed by atoms with Crippen LogP contribution in [0.5, 0.6) is 0 Å². The zero-order valence-electron chi connectivity index (χ0n) is 17.7. The lowest BCUT2D eigenvalue weighted by Crippen LogP contribution is -2.29. The van der Waals surface area contributed by atoms with Crippen molar-refractivity contribution in [3.63, 3.8) is 0 Å². The first kappa shape index (κ1) is 18.6. The molecule has 31 heavy (non-hydrogen) atoms. The van der Waals surface area contributed by atoms with Gasteiger partial charge in [0.2, 0.25) is 0 Å². The highest BCUT2D eigenvalue weighted by Crippen LogP contribution is 2.38. The third kappa shape index (κ3) is 2.94. The van der Waals surface area contributed by atoms with Crippen LogP contribution >= 0.6 is 0 Å². The van der Waals surface area contributed by atoms with Crippen LogP contribution in [-0.2, 0) is 6.54 Å². The molecule has 2 atom stereocenters. The lowest BCUT2D eigenvalue weighted by atomic mass is 9.96. The van der Waals surface area contributed by atoms with Gasteiger partial charge in [0, 0.05) is 49.6 Å². The third-order valence-electron chi connectivity index (χ3n) is 7.38. The van der Waals surface area contributed by atoms with E-state index in [-0.39, 0.29) is 11.8 Å². The van der Waals surface area contributed by atoms with Gasteiger partial charge in [-0.3, -0.25) is 14.6 Å². The molecule has 3 aliphatic rings. The molecule has 0 unspecified atom stereocenters. The molecule has 1 saturated heterocycles. The molecule has 1 saturated carbocycles. The fraction of sp³-hybridized carbons (Fsp3) is 0.346. The molecule has 1 aliphatic carbocycles. The predicted octanol–water partition coefficient (Wildman–Crippen LogP) is 4.36. The number of pyridine rings is 1. The minimum absolute atomic E-state index is 0.0197. The number of carbonyl (C=O) groups is 2. The summed E-state index contributed by atoms with van der Waals surface area (Å²) in [6.45, 7) is 2.42. The predicted molar refractivity (Wildman–Crippen MR) is 120 cm³/mol. The summed E-state index contributed by atoms with van der Waals surface area (Å²) in [5.74, 6) is 1.54. The molecule has 3 heterocycles. The van der Waals surface area contributed by atoms with Crippen LogP contribution in [0.4, 0.5) is 0 Å². The van der Waals surface area contributed by atoms with E-state index in [1.807, 2.05) is 18.2 Å². The van der Waals surface area contributed by atoms with Crippen LogP contribution in [0.25, 0.3) is 21.9 Å². The van der Waals surface area contributed by atoms with Crippen LogP contribution in [0, 0.1) is 11.8 Å². The van der Waals surface area contributed by atoms with Crippen LogP contribution in [0.3, 0.4) is 0 Å². The molecule has 2 aliphatic heterocycles. The molecule has 2 fully saturated rings. The Hall–Kier alpha value is -3.21. The average molecular weight is 412 g/mol. The quantitative estimate of drug-likeness (QED) is 0.630. The van der Waals surface area contributed by atoms with E-state index in [2.05, 4.69) is 34.1 Å². The number of likely N-dealkylation sites (tertiary alicyclic amines) is 1. The van der Waals surface area contributed by atoms with Gasteiger partial charge in [0.1, 0.15) is 5.69 Å². The molecular formula is C26H25N3O2. The van der Waals surface area contributed by atoms with Crippen LogP contribution in [0.1, 0.15) is 45.7 Å². The van der Waals surface area contributed by atoms with Crippen molar-refractivity contribution in [2.24, 2.45) is 11.8 Å². The Morgan fingerprint density at radius 3 is 2.68 bits per heavy atom. The molecule has 0 radical (unpaired) electrons.